The highest BCUT2D eigenvalue weighted by molar-refractivity contribution is 5.24. The van der Waals surface area contributed by atoms with Crippen LogP contribution in [0.2, 0.25) is 0 Å². The molecular formula is C13H20N2O. The number of aromatic nitrogens is 1. The standard InChI is InChI=1S/C13H20N2O/c1-10(2)16-11-6-8-15-13(9-11)12-5-3-4-7-14-12/h6,8-10,12,14H,3-5,7H2,1-2H3. The van der Waals surface area contributed by atoms with E-state index in [-0.39, 0.29) is 6.10 Å². The van der Waals surface area contributed by atoms with Crippen molar-refractivity contribution in [3.63, 3.8) is 0 Å². The molecular weight excluding hydrogens is 200 g/mol. The maximum absolute atomic E-state index is 5.68. The van der Waals surface area contributed by atoms with Gasteiger partial charge in [-0.15, -0.1) is 0 Å². The van der Waals surface area contributed by atoms with Crippen molar-refractivity contribution in [2.24, 2.45) is 0 Å². The van der Waals surface area contributed by atoms with E-state index in [1.54, 1.807) is 0 Å². The third kappa shape index (κ3) is 2.95. The van der Waals surface area contributed by atoms with E-state index >= 15 is 0 Å². The molecule has 1 aromatic heterocycles. The molecule has 0 spiro atoms. The summed E-state index contributed by atoms with van der Waals surface area (Å²) in [6.07, 6.45) is 5.80. The minimum atomic E-state index is 0.217. The van der Waals surface area contributed by atoms with Crippen LogP contribution in [0, 0.1) is 0 Å². The molecule has 0 aliphatic carbocycles. The fraction of sp³-hybridized carbons (Fsp3) is 0.615. The molecule has 0 bridgehead atoms. The van der Waals surface area contributed by atoms with Gasteiger partial charge in [0.2, 0.25) is 0 Å². The van der Waals surface area contributed by atoms with Gasteiger partial charge in [-0.1, -0.05) is 6.42 Å². The van der Waals surface area contributed by atoms with Gasteiger partial charge in [-0.25, -0.2) is 0 Å². The van der Waals surface area contributed by atoms with E-state index in [2.05, 4.69) is 16.4 Å². The van der Waals surface area contributed by atoms with Crippen LogP contribution in [-0.4, -0.2) is 17.6 Å². The zero-order valence-electron chi connectivity index (χ0n) is 10.1. The van der Waals surface area contributed by atoms with Crippen molar-refractivity contribution in [1.29, 1.82) is 0 Å². The first-order chi connectivity index (χ1) is 7.75. The van der Waals surface area contributed by atoms with Crippen molar-refractivity contribution in [2.75, 3.05) is 6.54 Å². The average Bonchev–Trinajstić information content (AvgIpc) is 2.30. The van der Waals surface area contributed by atoms with Gasteiger partial charge in [0, 0.05) is 18.3 Å². The first kappa shape index (κ1) is 11.4. The van der Waals surface area contributed by atoms with Crippen molar-refractivity contribution < 1.29 is 4.74 Å². The van der Waals surface area contributed by atoms with Gasteiger partial charge in [-0.05, 0) is 39.3 Å². The Bertz CT molecular complexity index is 332. The third-order valence-corrected chi connectivity index (χ3v) is 2.79. The maximum Gasteiger partial charge on any atom is 0.123 e. The lowest BCUT2D eigenvalue weighted by molar-refractivity contribution is 0.241. The molecule has 1 saturated heterocycles. The fourth-order valence-electron chi connectivity index (χ4n) is 2.07. The van der Waals surface area contributed by atoms with Crippen molar-refractivity contribution in [1.82, 2.24) is 10.3 Å². The molecule has 1 aromatic rings. The first-order valence-electron chi connectivity index (χ1n) is 6.11. The summed E-state index contributed by atoms with van der Waals surface area (Å²) in [4.78, 5) is 4.43. The number of rotatable bonds is 3. The van der Waals surface area contributed by atoms with Gasteiger partial charge < -0.3 is 10.1 Å². The molecule has 1 aliphatic heterocycles. The maximum atomic E-state index is 5.68. The van der Waals surface area contributed by atoms with Crippen LogP contribution in [0.15, 0.2) is 18.3 Å². The number of pyridine rings is 1. The zero-order chi connectivity index (χ0) is 11.4. The van der Waals surface area contributed by atoms with Gasteiger partial charge in [-0.3, -0.25) is 4.98 Å². The summed E-state index contributed by atoms with van der Waals surface area (Å²) in [5.74, 6) is 0.923. The van der Waals surface area contributed by atoms with Crippen LogP contribution in [0.4, 0.5) is 0 Å². The van der Waals surface area contributed by atoms with Gasteiger partial charge in [-0.2, -0.15) is 0 Å². The first-order valence-corrected chi connectivity index (χ1v) is 6.11. The van der Waals surface area contributed by atoms with Crippen LogP contribution in [0.1, 0.15) is 44.8 Å². The minimum absolute atomic E-state index is 0.217. The Morgan fingerprint density at radius 2 is 2.31 bits per heavy atom. The predicted octanol–water partition coefficient (Wildman–Crippen LogP) is 2.68. The number of nitrogens with one attached hydrogen (secondary N) is 1. The molecule has 3 nitrogen and oxygen atoms in total. The third-order valence-electron chi connectivity index (χ3n) is 2.79. The van der Waals surface area contributed by atoms with Crippen LogP contribution in [0.5, 0.6) is 5.75 Å². The van der Waals surface area contributed by atoms with E-state index in [1.807, 2.05) is 26.1 Å². The number of ether oxygens (including phenoxy) is 1. The molecule has 2 rings (SSSR count). The largest absolute Gasteiger partial charge is 0.491 e. The summed E-state index contributed by atoms with van der Waals surface area (Å²) < 4.78 is 5.68. The molecule has 0 amide bonds. The average molecular weight is 220 g/mol. The summed E-state index contributed by atoms with van der Waals surface area (Å²) >= 11 is 0. The Morgan fingerprint density at radius 1 is 1.44 bits per heavy atom. The van der Waals surface area contributed by atoms with E-state index in [4.69, 9.17) is 4.74 Å². The molecule has 1 atom stereocenters. The quantitative estimate of drug-likeness (QED) is 0.850. The number of piperidine rings is 1. The van der Waals surface area contributed by atoms with E-state index in [9.17, 15) is 0 Å². The summed E-state index contributed by atoms with van der Waals surface area (Å²) in [6, 6.07) is 4.39. The number of hydrogen-bond donors (Lipinski definition) is 1. The highest BCUT2D eigenvalue weighted by atomic mass is 16.5. The topological polar surface area (TPSA) is 34.1 Å². The van der Waals surface area contributed by atoms with Crippen molar-refractivity contribution in [3.8, 4) is 5.75 Å². The van der Waals surface area contributed by atoms with Gasteiger partial charge in [0.1, 0.15) is 5.75 Å². The lowest BCUT2D eigenvalue weighted by atomic mass is 10.0. The Kier molecular flexibility index (Phi) is 3.78. The monoisotopic (exact) mass is 220 g/mol. The van der Waals surface area contributed by atoms with Crippen LogP contribution >= 0.6 is 0 Å². The molecule has 1 unspecified atom stereocenters. The van der Waals surface area contributed by atoms with Crippen LogP contribution < -0.4 is 10.1 Å². The second kappa shape index (κ2) is 5.30. The molecule has 1 aliphatic rings. The van der Waals surface area contributed by atoms with Crippen molar-refractivity contribution >= 4 is 0 Å². The van der Waals surface area contributed by atoms with Crippen LogP contribution in [0.3, 0.4) is 0 Å². The second-order valence-electron chi connectivity index (χ2n) is 4.59. The predicted molar refractivity (Wildman–Crippen MR) is 64.6 cm³/mol. The number of hydrogen-bond acceptors (Lipinski definition) is 3. The summed E-state index contributed by atoms with van der Waals surface area (Å²) in [6.45, 7) is 5.18. The van der Waals surface area contributed by atoms with E-state index in [0.29, 0.717) is 6.04 Å². The fourth-order valence-corrected chi connectivity index (χ4v) is 2.07. The smallest absolute Gasteiger partial charge is 0.123 e. The zero-order valence-corrected chi connectivity index (χ0v) is 10.1. The normalized spacial score (nSPS) is 21.1. The molecule has 16 heavy (non-hydrogen) atoms. The molecule has 2 heterocycles. The van der Waals surface area contributed by atoms with Gasteiger partial charge in [0.15, 0.2) is 0 Å². The summed E-state index contributed by atoms with van der Waals surface area (Å²) in [5.41, 5.74) is 1.11. The molecule has 0 radical (unpaired) electrons. The molecule has 1 fully saturated rings. The van der Waals surface area contributed by atoms with Gasteiger partial charge >= 0.3 is 0 Å². The lowest BCUT2D eigenvalue weighted by Crippen LogP contribution is -2.27. The molecule has 0 aromatic carbocycles. The van der Waals surface area contributed by atoms with Crippen LogP contribution in [0.25, 0.3) is 0 Å². The Morgan fingerprint density at radius 3 is 3.00 bits per heavy atom. The second-order valence-corrected chi connectivity index (χ2v) is 4.59. The molecule has 1 N–H and O–H groups in total. The van der Waals surface area contributed by atoms with E-state index in [0.717, 1.165) is 18.0 Å². The number of nitrogens with zero attached hydrogens (tertiary/aromatic N) is 1. The lowest BCUT2D eigenvalue weighted by Gasteiger charge is -2.23. The molecule has 0 saturated carbocycles. The van der Waals surface area contributed by atoms with Crippen LogP contribution in [-0.2, 0) is 0 Å². The Labute approximate surface area is 97.2 Å². The SMILES string of the molecule is CC(C)Oc1ccnc(C2CCCCN2)c1. The molecule has 3 heteroatoms. The van der Waals surface area contributed by atoms with E-state index in [1.165, 1.54) is 19.3 Å². The summed E-state index contributed by atoms with van der Waals surface area (Å²) in [5, 5.41) is 3.50. The Balaban J connectivity index is 2.08. The van der Waals surface area contributed by atoms with E-state index < -0.39 is 0 Å². The van der Waals surface area contributed by atoms with Gasteiger partial charge in [0.05, 0.1) is 11.8 Å². The molecule has 88 valence electrons. The highest BCUT2D eigenvalue weighted by Gasteiger charge is 2.16. The van der Waals surface area contributed by atoms with Crippen molar-refractivity contribution in [3.05, 3.63) is 24.0 Å². The summed E-state index contributed by atoms with van der Waals surface area (Å²) in [7, 11) is 0. The van der Waals surface area contributed by atoms with Crippen molar-refractivity contribution in [2.45, 2.75) is 45.3 Å². The minimum Gasteiger partial charge on any atom is -0.491 e. The highest BCUT2D eigenvalue weighted by Crippen LogP contribution is 2.24. The Hall–Kier alpha value is -1.09. The van der Waals surface area contributed by atoms with Gasteiger partial charge in [0.25, 0.3) is 0 Å².